The summed E-state index contributed by atoms with van der Waals surface area (Å²) in [6, 6.07) is 4.99. The number of thiophene rings is 1. The van der Waals surface area contributed by atoms with Gasteiger partial charge in [-0.1, -0.05) is 11.7 Å². The molecule has 8 nitrogen and oxygen atoms in total. The first-order chi connectivity index (χ1) is 12.5. The van der Waals surface area contributed by atoms with Gasteiger partial charge in [-0.3, -0.25) is 4.79 Å². The summed E-state index contributed by atoms with van der Waals surface area (Å²) in [6.07, 6.45) is 2.69. The number of nitrogens with one attached hydrogen (secondary N) is 1. The van der Waals surface area contributed by atoms with Crippen molar-refractivity contribution in [2.24, 2.45) is 5.92 Å². The monoisotopic (exact) mass is 395 g/mol. The molecule has 0 saturated carbocycles. The van der Waals surface area contributed by atoms with Crippen LogP contribution in [0.15, 0.2) is 45.8 Å². The Morgan fingerprint density at radius 3 is 2.92 bits per heavy atom. The van der Waals surface area contributed by atoms with Crippen molar-refractivity contribution >= 4 is 27.3 Å². The van der Waals surface area contributed by atoms with Crippen LogP contribution in [0.4, 0.5) is 0 Å². The number of rotatable bonds is 5. The van der Waals surface area contributed by atoms with Gasteiger partial charge in [-0.25, -0.2) is 8.42 Å². The van der Waals surface area contributed by atoms with Gasteiger partial charge in [-0.05, 0) is 24.6 Å². The molecule has 4 rings (SSSR count). The number of carbonyl (C=O) groups excluding carboxylic acids is 1. The molecule has 0 aromatic carbocycles. The largest absolute Gasteiger partial charge is 0.355 e. The number of fused-ring (bicyclic) bond motifs is 1. The van der Waals surface area contributed by atoms with E-state index in [4.69, 9.17) is 9.26 Å². The van der Waals surface area contributed by atoms with Gasteiger partial charge in [-0.2, -0.15) is 4.31 Å². The molecule has 4 heterocycles. The number of sulfonamides is 1. The van der Waals surface area contributed by atoms with Crippen LogP contribution in [0.5, 0.6) is 0 Å². The maximum atomic E-state index is 12.9. The maximum absolute atomic E-state index is 12.9. The molecule has 0 radical (unpaired) electrons. The minimum Gasteiger partial charge on any atom is -0.355 e. The Labute approximate surface area is 154 Å². The van der Waals surface area contributed by atoms with E-state index in [0.29, 0.717) is 23.6 Å². The van der Waals surface area contributed by atoms with E-state index in [2.05, 4.69) is 17.1 Å². The first-order valence-electron chi connectivity index (χ1n) is 8.07. The van der Waals surface area contributed by atoms with Crippen LogP contribution in [0.25, 0.3) is 10.6 Å². The van der Waals surface area contributed by atoms with Gasteiger partial charge in [0.05, 0.1) is 17.2 Å². The first kappa shape index (κ1) is 17.4. The lowest BCUT2D eigenvalue weighted by molar-refractivity contribution is -0.120. The van der Waals surface area contributed by atoms with E-state index in [0.717, 1.165) is 11.3 Å². The topological polar surface area (TPSA) is 102 Å². The lowest BCUT2D eigenvalue weighted by Crippen LogP contribution is -2.36. The number of hydrogen-bond donors (Lipinski definition) is 1. The van der Waals surface area contributed by atoms with E-state index in [1.54, 1.807) is 18.2 Å². The number of aromatic nitrogens is 1. The lowest BCUT2D eigenvalue weighted by Gasteiger charge is -2.18. The molecular weight excluding hydrogens is 378 g/mol. The molecule has 0 aliphatic carbocycles. The van der Waals surface area contributed by atoms with Crippen molar-refractivity contribution in [1.29, 1.82) is 0 Å². The van der Waals surface area contributed by atoms with Gasteiger partial charge in [0, 0.05) is 25.1 Å². The highest BCUT2D eigenvalue weighted by atomic mass is 32.2. The molecule has 3 atom stereocenters. The van der Waals surface area contributed by atoms with E-state index >= 15 is 0 Å². The number of ether oxygens (including phenoxy) is 1. The van der Waals surface area contributed by atoms with Gasteiger partial charge in [0.1, 0.15) is 10.4 Å². The lowest BCUT2D eigenvalue weighted by atomic mass is 10.1. The summed E-state index contributed by atoms with van der Waals surface area (Å²) >= 11 is 1.15. The van der Waals surface area contributed by atoms with Crippen LogP contribution in [0, 0.1) is 5.92 Å². The summed E-state index contributed by atoms with van der Waals surface area (Å²) in [6.45, 7) is 4.07. The second-order valence-electron chi connectivity index (χ2n) is 6.19. The molecular formula is C16H17N3O5S2. The third-order valence-electron chi connectivity index (χ3n) is 4.55. The molecule has 2 aliphatic rings. The smallest absolute Gasteiger partial charge is 0.252 e. The van der Waals surface area contributed by atoms with Crippen molar-refractivity contribution in [2.75, 3.05) is 13.1 Å². The van der Waals surface area contributed by atoms with Crippen molar-refractivity contribution in [2.45, 2.75) is 23.0 Å². The highest BCUT2D eigenvalue weighted by molar-refractivity contribution is 7.91. The third kappa shape index (κ3) is 3.09. The van der Waals surface area contributed by atoms with E-state index in [1.165, 1.54) is 16.6 Å². The number of amides is 1. The van der Waals surface area contributed by atoms with Crippen LogP contribution >= 0.6 is 11.3 Å². The summed E-state index contributed by atoms with van der Waals surface area (Å²) in [4.78, 5) is 12.1. The standard InChI is InChI=1S/C16H17N3O5S2/c1-2-14(20)18-15-7-10-8-19(9-12(10)23-15)26(21,22)16-4-3-13(25-16)11-5-6-17-24-11/h2-6,10,12,15H,1,7-9H2,(H,18,20). The highest BCUT2D eigenvalue weighted by Gasteiger charge is 2.46. The van der Waals surface area contributed by atoms with Crippen molar-refractivity contribution < 1.29 is 22.5 Å². The molecule has 0 spiro atoms. The number of carbonyl (C=O) groups is 1. The Balaban J connectivity index is 1.45. The van der Waals surface area contributed by atoms with Gasteiger partial charge in [0.15, 0.2) is 5.76 Å². The van der Waals surface area contributed by atoms with Crippen molar-refractivity contribution in [1.82, 2.24) is 14.8 Å². The fraction of sp³-hybridized carbons (Fsp3) is 0.375. The summed E-state index contributed by atoms with van der Waals surface area (Å²) < 4.78 is 38.4. The van der Waals surface area contributed by atoms with Crippen LogP contribution in [-0.2, 0) is 19.6 Å². The molecule has 2 saturated heterocycles. The van der Waals surface area contributed by atoms with E-state index in [9.17, 15) is 13.2 Å². The van der Waals surface area contributed by atoms with E-state index in [1.807, 2.05) is 0 Å². The summed E-state index contributed by atoms with van der Waals surface area (Å²) in [5, 5.41) is 6.34. The zero-order valence-corrected chi connectivity index (χ0v) is 15.3. The van der Waals surface area contributed by atoms with Crippen LogP contribution in [0.1, 0.15) is 6.42 Å². The minimum absolute atomic E-state index is 0.0635. The predicted molar refractivity (Wildman–Crippen MR) is 93.7 cm³/mol. The van der Waals surface area contributed by atoms with Crippen LogP contribution < -0.4 is 5.32 Å². The summed E-state index contributed by atoms with van der Waals surface area (Å²) in [5.41, 5.74) is 0. The molecule has 2 aliphatic heterocycles. The highest BCUT2D eigenvalue weighted by Crippen LogP contribution is 2.37. The normalized spacial score (nSPS) is 25.9. The summed E-state index contributed by atoms with van der Waals surface area (Å²) in [7, 11) is -3.59. The molecule has 2 aromatic heterocycles. The minimum atomic E-state index is -3.59. The third-order valence-corrected chi connectivity index (χ3v) is 7.95. The second-order valence-corrected chi connectivity index (χ2v) is 9.44. The van der Waals surface area contributed by atoms with E-state index < -0.39 is 10.0 Å². The Hall–Kier alpha value is -2.01. The SMILES string of the molecule is C=CC(=O)NC1CC2CN(S(=O)(=O)c3ccc(-c4ccno4)s3)CC2O1. The molecule has 2 fully saturated rings. The molecule has 26 heavy (non-hydrogen) atoms. The predicted octanol–water partition coefficient (Wildman–Crippen LogP) is 1.44. The van der Waals surface area contributed by atoms with Crippen LogP contribution in [0.2, 0.25) is 0 Å². The maximum Gasteiger partial charge on any atom is 0.252 e. The van der Waals surface area contributed by atoms with Gasteiger partial charge in [0.25, 0.3) is 10.0 Å². The zero-order chi connectivity index (χ0) is 18.3. The number of nitrogens with zero attached hydrogens (tertiary/aromatic N) is 2. The van der Waals surface area contributed by atoms with Crippen molar-refractivity contribution in [3.63, 3.8) is 0 Å². The van der Waals surface area contributed by atoms with Gasteiger partial charge < -0.3 is 14.6 Å². The molecule has 1 N–H and O–H groups in total. The van der Waals surface area contributed by atoms with Crippen LogP contribution in [0.3, 0.4) is 0 Å². The number of hydrogen-bond acceptors (Lipinski definition) is 7. The van der Waals surface area contributed by atoms with E-state index in [-0.39, 0.29) is 34.9 Å². The molecule has 3 unspecified atom stereocenters. The molecule has 2 aromatic rings. The second kappa shape index (κ2) is 6.62. The quantitative estimate of drug-likeness (QED) is 0.769. The molecule has 0 bridgehead atoms. The van der Waals surface area contributed by atoms with Crippen molar-refractivity contribution in [3.05, 3.63) is 37.1 Å². The Bertz CT molecular complexity index is 908. The molecule has 10 heteroatoms. The van der Waals surface area contributed by atoms with Gasteiger partial charge in [-0.15, -0.1) is 11.3 Å². The average Bonchev–Trinajstić information content (AvgIpc) is 3.35. The average molecular weight is 395 g/mol. The molecule has 1 amide bonds. The van der Waals surface area contributed by atoms with Crippen molar-refractivity contribution in [3.8, 4) is 10.6 Å². The van der Waals surface area contributed by atoms with Gasteiger partial charge >= 0.3 is 0 Å². The fourth-order valence-electron chi connectivity index (χ4n) is 3.29. The zero-order valence-electron chi connectivity index (χ0n) is 13.7. The Morgan fingerprint density at radius 2 is 2.23 bits per heavy atom. The first-order valence-corrected chi connectivity index (χ1v) is 10.3. The summed E-state index contributed by atoms with van der Waals surface area (Å²) in [5.74, 6) is 0.311. The fourth-order valence-corrected chi connectivity index (χ4v) is 6.22. The van der Waals surface area contributed by atoms with Crippen LogP contribution in [-0.4, -0.2) is 49.2 Å². The Morgan fingerprint density at radius 1 is 1.38 bits per heavy atom. The molecule has 138 valence electrons. The Kier molecular flexibility index (Phi) is 4.43. The van der Waals surface area contributed by atoms with Gasteiger partial charge in [0.2, 0.25) is 5.91 Å².